The van der Waals surface area contributed by atoms with Crippen LogP contribution in [0.2, 0.25) is 4.34 Å². The Labute approximate surface area is 129 Å². The molecule has 2 heterocycles. The highest BCUT2D eigenvalue weighted by Crippen LogP contribution is 2.33. The Kier molecular flexibility index (Phi) is 5.69. The van der Waals surface area contributed by atoms with Gasteiger partial charge in [-0.15, -0.1) is 23.7 Å². The van der Waals surface area contributed by atoms with Gasteiger partial charge in [-0.3, -0.25) is 0 Å². The number of nitrogens with two attached hydrogens (primary N) is 1. The molecule has 110 valence electrons. The van der Waals surface area contributed by atoms with E-state index in [1.165, 1.54) is 4.31 Å². The first-order valence-corrected chi connectivity index (χ1v) is 8.47. The zero-order valence-electron chi connectivity index (χ0n) is 10.8. The van der Waals surface area contributed by atoms with E-state index in [1.54, 1.807) is 6.07 Å². The van der Waals surface area contributed by atoms with Gasteiger partial charge in [-0.25, -0.2) is 8.42 Å². The summed E-state index contributed by atoms with van der Waals surface area (Å²) >= 11 is 7.06. The molecule has 0 bridgehead atoms. The van der Waals surface area contributed by atoms with Gasteiger partial charge in [0.25, 0.3) is 10.0 Å². The van der Waals surface area contributed by atoms with Crippen LogP contribution >= 0.6 is 35.3 Å². The monoisotopic (exact) mass is 344 g/mol. The molecule has 1 aromatic rings. The van der Waals surface area contributed by atoms with E-state index in [1.807, 2.05) is 13.8 Å². The van der Waals surface area contributed by atoms with E-state index in [0.29, 0.717) is 28.1 Å². The van der Waals surface area contributed by atoms with E-state index in [2.05, 4.69) is 0 Å². The van der Waals surface area contributed by atoms with Crippen molar-refractivity contribution in [1.82, 2.24) is 4.31 Å². The number of hydrogen-bond acceptors (Lipinski definition) is 4. The van der Waals surface area contributed by atoms with Crippen molar-refractivity contribution in [2.75, 3.05) is 13.1 Å². The van der Waals surface area contributed by atoms with Gasteiger partial charge >= 0.3 is 0 Å². The summed E-state index contributed by atoms with van der Waals surface area (Å²) in [6.07, 6.45) is 0.707. The first kappa shape index (κ1) is 17.2. The molecule has 0 amide bonds. The van der Waals surface area contributed by atoms with Crippen LogP contribution < -0.4 is 5.73 Å². The molecule has 1 aliphatic rings. The molecule has 4 nitrogen and oxygen atoms in total. The highest BCUT2D eigenvalue weighted by atomic mass is 35.5. The highest BCUT2D eigenvalue weighted by Gasteiger charge is 2.33. The molecule has 2 rings (SSSR count). The van der Waals surface area contributed by atoms with Crippen LogP contribution in [-0.4, -0.2) is 31.9 Å². The van der Waals surface area contributed by atoms with Crippen LogP contribution in [0.4, 0.5) is 0 Å². The smallest absolute Gasteiger partial charge is 0.252 e. The topological polar surface area (TPSA) is 63.4 Å². The van der Waals surface area contributed by atoms with Crippen molar-refractivity contribution in [2.45, 2.75) is 30.5 Å². The molecule has 0 aliphatic carbocycles. The SMILES string of the molecule is Cc1cc(S(=O)(=O)N2CCC(N)C(C)C2)sc1Cl.Cl. The van der Waals surface area contributed by atoms with Gasteiger partial charge in [0.15, 0.2) is 0 Å². The summed E-state index contributed by atoms with van der Waals surface area (Å²) in [6, 6.07) is 1.73. The summed E-state index contributed by atoms with van der Waals surface area (Å²) in [7, 11) is -3.41. The average Bonchev–Trinajstić information content (AvgIpc) is 2.64. The molecule has 1 aromatic heterocycles. The van der Waals surface area contributed by atoms with Crippen molar-refractivity contribution in [3.8, 4) is 0 Å². The van der Waals surface area contributed by atoms with E-state index in [4.69, 9.17) is 17.3 Å². The van der Waals surface area contributed by atoms with E-state index in [-0.39, 0.29) is 24.4 Å². The summed E-state index contributed by atoms with van der Waals surface area (Å²) in [5.41, 5.74) is 6.72. The fraction of sp³-hybridized carbons (Fsp3) is 0.636. The number of hydrogen-bond donors (Lipinski definition) is 1. The van der Waals surface area contributed by atoms with Crippen molar-refractivity contribution in [1.29, 1.82) is 0 Å². The number of piperidine rings is 1. The second-order valence-electron chi connectivity index (χ2n) is 4.82. The maximum absolute atomic E-state index is 12.4. The molecule has 0 saturated carbocycles. The maximum atomic E-state index is 12.4. The molecule has 1 fully saturated rings. The van der Waals surface area contributed by atoms with Gasteiger partial charge in [-0.05, 0) is 30.9 Å². The largest absolute Gasteiger partial charge is 0.327 e. The first-order chi connectivity index (χ1) is 8.32. The van der Waals surface area contributed by atoms with Crippen LogP contribution in [0.1, 0.15) is 18.9 Å². The first-order valence-electron chi connectivity index (χ1n) is 5.84. The summed E-state index contributed by atoms with van der Waals surface area (Å²) in [5, 5.41) is 0. The maximum Gasteiger partial charge on any atom is 0.252 e. The fourth-order valence-electron chi connectivity index (χ4n) is 2.03. The molecular weight excluding hydrogens is 327 g/mol. The molecule has 1 saturated heterocycles. The zero-order valence-corrected chi connectivity index (χ0v) is 14.0. The molecule has 1 aliphatic heterocycles. The standard InChI is InChI=1S/C11H17ClN2O2S2.ClH/c1-7-5-10(17-11(7)12)18(15,16)14-4-3-9(13)8(2)6-14;/h5,8-9H,3-4,6,13H2,1-2H3;1H. The molecule has 2 atom stereocenters. The number of rotatable bonds is 2. The lowest BCUT2D eigenvalue weighted by Gasteiger charge is -2.33. The van der Waals surface area contributed by atoms with E-state index in [0.717, 1.165) is 16.9 Å². The molecule has 19 heavy (non-hydrogen) atoms. The lowest BCUT2D eigenvalue weighted by molar-refractivity contribution is 0.250. The Morgan fingerprint density at radius 3 is 2.63 bits per heavy atom. The number of thiophene rings is 1. The van der Waals surface area contributed by atoms with Crippen molar-refractivity contribution < 1.29 is 8.42 Å². The fourth-order valence-corrected chi connectivity index (χ4v) is 5.45. The summed E-state index contributed by atoms with van der Waals surface area (Å²) in [4.78, 5) is 0. The molecule has 2 N–H and O–H groups in total. The van der Waals surface area contributed by atoms with E-state index >= 15 is 0 Å². The van der Waals surface area contributed by atoms with Gasteiger partial charge in [-0.2, -0.15) is 4.31 Å². The van der Waals surface area contributed by atoms with Crippen LogP contribution in [0, 0.1) is 12.8 Å². The Hall–Kier alpha value is 0.150. The van der Waals surface area contributed by atoms with Gasteiger partial charge in [0.05, 0.1) is 4.34 Å². The third-order valence-electron chi connectivity index (χ3n) is 3.36. The average molecular weight is 345 g/mol. The van der Waals surface area contributed by atoms with Crippen LogP contribution in [0.3, 0.4) is 0 Å². The normalized spacial score (nSPS) is 25.1. The van der Waals surface area contributed by atoms with Gasteiger partial charge in [0.1, 0.15) is 4.21 Å². The molecule has 2 unspecified atom stereocenters. The van der Waals surface area contributed by atoms with Crippen LogP contribution in [0.25, 0.3) is 0 Å². The zero-order chi connectivity index (χ0) is 13.5. The Morgan fingerprint density at radius 2 is 2.16 bits per heavy atom. The lowest BCUT2D eigenvalue weighted by Crippen LogP contribution is -2.47. The third-order valence-corrected chi connectivity index (χ3v) is 7.23. The van der Waals surface area contributed by atoms with Crippen molar-refractivity contribution in [2.24, 2.45) is 11.7 Å². The molecular formula is C11H18Cl2N2O2S2. The van der Waals surface area contributed by atoms with E-state index < -0.39 is 10.0 Å². The summed E-state index contributed by atoms with van der Waals surface area (Å²) < 4.78 is 27.3. The predicted molar refractivity (Wildman–Crippen MR) is 81.8 cm³/mol. The van der Waals surface area contributed by atoms with Crippen molar-refractivity contribution in [3.05, 3.63) is 16.0 Å². The second kappa shape index (κ2) is 6.28. The lowest BCUT2D eigenvalue weighted by atomic mass is 9.96. The van der Waals surface area contributed by atoms with Crippen molar-refractivity contribution in [3.63, 3.8) is 0 Å². The summed E-state index contributed by atoms with van der Waals surface area (Å²) in [6.45, 7) is 4.77. The van der Waals surface area contributed by atoms with E-state index in [9.17, 15) is 8.42 Å². The van der Waals surface area contributed by atoms with Gasteiger partial charge in [-0.1, -0.05) is 18.5 Å². The number of aryl methyl sites for hydroxylation is 1. The van der Waals surface area contributed by atoms with Gasteiger partial charge in [0, 0.05) is 19.1 Å². The number of halogens is 2. The quantitative estimate of drug-likeness (QED) is 0.896. The third kappa shape index (κ3) is 3.43. The Bertz CT molecular complexity index is 525. The molecule has 0 radical (unpaired) electrons. The minimum atomic E-state index is -3.41. The molecule has 0 aromatic carbocycles. The number of nitrogens with zero attached hydrogens (tertiary/aromatic N) is 1. The van der Waals surface area contributed by atoms with Crippen LogP contribution in [0.5, 0.6) is 0 Å². The predicted octanol–water partition coefficient (Wildman–Crippen LogP) is 2.49. The van der Waals surface area contributed by atoms with Crippen LogP contribution in [0.15, 0.2) is 10.3 Å². The van der Waals surface area contributed by atoms with Gasteiger partial charge in [0.2, 0.25) is 0 Å². The molecule has 0 spiro atoms. The van der Waals surface area contributed by atoms with Crippen LogP contribution in [-0.2, 0) is 10.0 Å². The Balaban J connectivity index is 0.00000180. The highest BCUT2D eigenvalue weighted by molar-refractivity contribution is 7.91. The Morgan fingerprint density at radius 1 is 1.53 bits per heavy atom. The second-order valence-corrected chi connectivity index (χ2v) is 8.63. The minimum Gasteiger partial charge on any atom is -0.327 e. The van der Waals surface area contributed by atoms with Crippen molar-refractivity contribution >= 4 is 45.4 Å². The minimum absolute atomic E-state index is 0. The number of sulfonamides is 1. The summed E-state index contributed by atoms with van der Waals surface area (Å²) in [5.74, 6) is 0.185. The van der Waals surface area contributed by atoms with Gasteiger partial charge < -0.3 is 5.73 Å². The molecule has 8 heteroatoms.